The fraction of sp³-hybridized carbons (Fsp3) is 0.0400. The second-order valence-electron chi connectivity index (χ2n) is 6.65. The number of aromatic nitrogens is 2. The van der Waals surface area contributed by atoms with Crippen LogP contribution < -0.4 is 4.74 Å². The number of allylic oxidation sites excluding steroid dienone is 1. The van der Waals surface area contributed by atoms with Crippen molar-refractivity contribution in [2.24, 2.45) is 0 Å². The molecule has 0 fully saturated rings. The fourth-order valence-electron chi connectivity index (χ4n) is 3.07. The normalized spacial score (nSPS) is 11.0. The molecule has 0 unspecified atom stereocenters. The van der Waals surface area contributed by atoms with Gasteiger partial charge < -0.3 is 4.74 Å². The second-order valence-corrected chi connectivity index (χ2v) is 6.65. The molecule has 1 heterocycles. The standard InChI is InChI=1S/C25H19FN2O2/c1-30-23-14-9-18(10-15-23)24(29)16-11-20-17-28(22-5-3-2-4-6-22)27-25(20)19-7-12-21(26)13-8-19/h2-17H,1H3. The summed E-state index contributed by atoms with van der Waals surface area (Å²) in [5.41, 5.74) is 3.64. The Balaban J connectivity index is 1.69. The van der Waals surface area contributed by atoms with Crippen molar-refractivity contribution in [1.82, 2.24) is 9.78 Å². The van der Waals surface area contributed by atoms with Gasteiger partial charge in [-0.2, -0.15) is 5.10 Å². The van der Waals surface area contributed by atoms with Crippen LogP contribution in [0, 0.1) is 5.82 Å². The summed E-state index contributed by atoms with van der Waals surface area (Å²) in [5.74, 6) is 0.251. The van der Waals surface area contributed by atoms with Gasteiger partial charge in [0, 0.05) is 22.9 Å². The second kappa shape index (κ2) is 8.57. The highest BCUT2D eigenvalue weighted by atomic mass is 19.1. The maximum atomic E-state index is 13.4. The molecule has 0 aliphatic rings. The van der Waals surface area contributed by atoms with Gasteiger partial charge in [-0.25, -0.2) is 9.07 Å². The zero-order valence-electron chi connectivity index (χ0n) is 16.3. The maximum Gasteiger partial charge on any atom is 0.185 e. The highest BCUT2D eigenvalue weighted by Crippen LogP contribution is 2.25. The molecule has 4 rings (SSSR count). The molecule has 0 bridgehead atoms. The molecule has 0 aliphatic heterocycles. The molecular formula is C25H19FN2O2. The molecule has 30 heavy (non-hydrogen) atoms. The number of carbonyl (C=O) groups is 1. The van der Waals surface area contributed by atoms with E-state index in [0.717, 1.165) is 16.8 Å². The number of benzene rings is 3. The van der Waals surface area contributed by atoms with Crippen LogP contribution in [0.25, 0.3) is 23.0 Å². The van der Waals surface area contributed by atoms with Gasteiger partial charge in [-0.3, -0.25) is 4.79 Å². The van der Waals surface area contributed by atoms with Crippen molar-refractivity contribution in [1.29, 1.82) is 0 Å². The lowest BCUT2D eigenvalue weighted by atomic mass is 10.1. The van der Waals surface area contributed by atoms with E-state index in [1.54, 1.807) is 54.3 Å². The van der Waals surface area contributed by atoms with Crippen LogP contribution in [0.15, 0.2) is 91.1 Å². The molecule has 0 radical (unpaired) electrons. The first-order chi connectivity index (χ1) is 14.6. The smallest absolute Gasteiger partial charge is 0.185 e. The number of ketones is 1. The third-order valence-corrected chi connectivity index (χ3v) is 4.67. The minimum Gasteiger partial charge on any atom is -0.497 e. The van der Waals surface area contributed by atoms with E-state index in [-0.39, 0.29) is 11.6 Å². The molecule has 5 heteroatoms. The molecule has 4 aromatic rings. The number of methoxy groups -OCH3 is 1. The Morgan fingerprint density at radius 2 is 1.67 bits per heavy atom. The highest BCUT2D eigenvalue weighted by Gasteiger charge is 2.11. The van der Waals surface area contributed by atoms with E-state index < -0.39 is 0 Å². The Morgan fingerprint density at radius 1 is 0.967 bits per heavy atom. The summed E-state index contributed by atoms with van der Waals surface area (Å²) >= 11 is 0. The summed E-state index contributed by atoms with van der Waals surface area (Å²) in [6, 6.07) is 22.8. The Morgan fingerprint density at radius 3 is 2.33 bits per heavy atom. The lowest BCUT2D eigenvalue weighted by Crippen LogP contribution is -1.94. The molecule has 4 nitrogen and oxygen atoms in total. The maximum absolute atomic E-state index is 13.4. The molecule has 0 saturated heterocycles. The molecule has 0 amide bonds. The molecule has 0 aliphatic carbocycles. The largest absolute Gasteiger partial charge is 0.497 e. The Bertz CT molecular complexity index is 1180. The van der Waals surface area contributed by atoms with Crippen LogP contribution in [-0.2, 0) is 0 Å². The van der Waals surface area contributed by atoms with Crippen LogP contribution in [0.2, 0.25) is 0 Å². The molecule has 0 spiro atoms. The van der Waals surface area contributed by atoms with Crippen LogP contribution in [-0.4, -0.2) is 22.7 Å². The van der Waals surface area contributed by atoms with Crippen molar-refractivity contribution < 1.29 is 13.9 Å². The van der Waals surface area contributed by atoms with E-state index in [1.807, 2.05) is 36.5 Å². The fourth-order valence-corrected chi connectivity index (χ4v) is 3.07. The van der Waals surface area contributed by atoms with E-state index in [2.05, 4.69) is 5.10 Å². The number of para-hydroxylation sites is 1. The minimum absolute atomic E-state index is 0.129. The van der Waals surface area contributed by atoms with Crippen molar-refractivity contribution >= 4 is 11.9 Å². The van der Waals surface area contributed by atoms with Crippen molar-refractivity contribution in [3.63, 3.8) is 0 Å². The van der Waals surface area contributed by atoms with E-state index in [1.165, 1.54) is 18.2 Å². The van der Waals surface area contributed by atoms with Gasteiger partial charge in [0.15, 0.2) is 5.78 Å². The zero-order valence-corrected chi connectivity index (χ0v) is 16.3. The molecule has 1 aromatic heterocycles. The predicted octanol–water partition coefficient (Wildman–Crippen LogP) is 5.58. The van der Waals surface area contributed by atoms with Gasteiger partial charge in [-0.1, -0.05) is 18.2 Å². The van der Waals surface area contributed by atoms with Gasteiger partial charge >= 0.3 is 0 Å². The summed E-state index contributed by atoms with van der Waals surface area (Å²) < 4.78 is 20.3. The SMILES string of the molecule is COc1ccc(C(=O)C=Cc2cn(-c3ccccc3)nc2-c2ccc(F)cc2)cc1. The molecule has 148 valence electrons. The average molecular weight is 398 g/mol. The van der Waals surface area contributed by atoms with E-state index in [9.17, 15) is 9.18 Å². The summed E-state index contributed by atoms with van der Waals surface area (Å²) in [5, 5.41) is 4.67. The Hall–Kier alpha value is -3.99. The molecule has 0 saturated carbocycles. The summed E-state index contributed by atoms with van der Waals surface area (Å²) in [6.07, 6.45) is 5.10. The molecule has 0 atom stereocenters. The van der Waals surface area contributed by atoms with E-state index in [0.29, 0.717) is 17.0 Å². The van der Waals surface area contributed by atoms with Gasteiger partial charge in [0.25, 0.3) is 0 Å². The molecule has 0 N–H and O–H groups in total. The lowest BCUT2D eigenvalue weighted by Gasteiger charge is -2.01. The summed E-state index contributed by atoms with van der Waals surface area (Å²) in [7, 11) is 1.58. The first kappa shape index (κ1) is 19.3. The number of hydrogen-bond acceptors (Lipinski definition) is 3. The quantitative estimate of drug-likeness (QED) is 0.314. The monoisotopic (exact) mass is 398 g/mol. The average Bonchev–Trinajstić information content (AvgIpc) is 3.23. The third kappa shape index (κ3) is 4.20. The topological polar surface area (TPSA) is 44.1 Å². The molecule has 3 aromatic carbocycles. The van der Waals surface area contributed by atoms with Crippen LogP contribution in [0.5, 0.6) is 5.75 Å². The van der Waals surface area contributed by atoms with Gasteiger partial charge in [-0.15, -0.1) is 0 Å². The van der Waals surface area contributed by atoms with Gasteiger partial charge in [0.1, 0.15) is 11.6 Å². The van der Waals surface area contributed by atoms with Crippen molar-refractivity contribution in [3.8, 4) is 22.7 Å². The van der Waals surface area contributed by atoms with Crippen LogP contribution in [0.3, 0.4) is 0 Å². The van der Waals surface area contributed by atoms with Crippen LogP contribution in [0.4, 0.5) is 4.39 Å². The van der Waals surface area contributed by atoms with Crippen molar-refractivity contribution in [3.05, 3.63) is 108 Å². The summed E-state index contributed by atoms with van der Waals surface area (Å²) in [4.78, 5) is 12.6. The zero-order chi connectivity index (χ0) is 20.9. The van der Waals surface area contributed by atoms with Gasteiger partial charge in [0.05, 0.1) is 18.5 Å². The Labute approximate surface area is 173 Å². The number of ether oxygens (including phenoxy) is 1. The van der Waals surface area contributed by atoms with Crippen molar-refractivity contribution in [2.75, 3.05) is 7.11 Å². The Kier molecular flexibility index (Phi) is 5.52. The lowest BCUT2D eigenvalue weighted by molar-refractivity contribution is 0.104. The number of halogens is 1. The third-order valence-electron chi connectivity index (χ3n) is 4.67. The van der Waals surface area contributed by atoms with E-state index in [4.69, 9.17) is 4.74 Å². The first-order valence-corrected chi connectivity index (χ1v) is 9.41. The summed E-state index contributed by atoms with van der Waals surface area (Å²) in [6.45, 7) is 0. The first-order valence-electron chi connectivity index (χ1n) is 9.41. The molecular weight excluding hydrogens is 379 g/mol. The van der Waals surface area contributed by atoms with Gasteiger partial charge in [-0.05, 0) is 72.8 Å². The minimum atomic E-state index is -0.312. The number of nitrogens with zero attached hydrogens (tertiary/aromatic N) is 2. The van der Waals surface area contributed by atoms with Gasteiger partial charge in [0.2, 0.25) is 0 Å². The number of hydrogen-bond donors (Lipinski definition) is 0. The van der Waals surface area contributed by atoms with E-state index >= 15 is 0 Å². The van der Waals surface area contributed by atoms with Crippen molar-refractivity contribution in [2.45, 2.75) is 0 Å². The predicted molar refractivity (Wildman–Crippen MR) is 115 cm³/mol. The van der Waals surface area contributed by atoms with Crippen LogP contribution in [0.1, 0.15) is 15.9 Å². The number of carbonyl (C=O) groups excluding carboxylic acids is 1. The van der Waals surface area contributed by atoms with Crippen LogP contribution >= 0.6 is 0 Å². The number of rotatable bonds is 6. The highest BCUT2D eigenvalue weighted by molar-refractivity contribution is 6.07.